The molecule has 2 heterocycles. The smallest absolute Gasteiger partial charge is 0.416 e. The molecule has 2 amide bonds. The Kier molecular flexibility index (Phi) is 5.20. The minimum absolute atomic E-state index is 0.199. The maximum Gasteiger partial charge on any atom is 0.416 e. The molecule has 0 aliphatic carbocycles. The Morgan fingerprint density at radius 1 is 1.13 bits per heavy atom. The van der Waals surface area contributed by atoms with Crippen LogP contribution in [-0.2, 0) is 27.0 Å². The van der Waals surface area contributed by atoms with Gasteiger partial charge in [0.2, 0.25) is 11.8 Å². The first-order valence-electron chi connectivity index (χ1n) is 9.76. The highest BCUT2D eigenvalue weighted by molar-refractivity contribution is 5.91. The van der Waals surface area contributed by atoms with Crippen LogP contribution in [0.5, 0.6) is 0 Å². The van der Waals surface area contributed by atoms with Crippen molar-refractivity contribution in [1.82, 2.24) is 10.2 Å². The van der Waals surface area contributed by atoms with E-state index in [9.17, 15) is 27.6 Å². The molecule has 2 aromatic rings. The number of aliphatic carboxylic acids is 1. The number of amides is 2. The van der Waals surface area contributed by atoms with Crippen LogP contribution in [0.4, 0.5) is 13.2 Å². The summed E-state index contributed by atoms with van der Waals surface area (Å²) in [4.78, 5) is 37.3. The normalized spacial score (nSPS) is 20.2. The highest BCUT2D eigenvalue weighted by atomic mass is 19.4. The largest absolute Gasteiger partial charge is 0.480 e. The predicted octanol–water partition coefficient (Wildman–Crippen LogP) is 3.16. The summed E-state index contributed by atoms with van der Waals surface area (Å²) >= 11 is 0. The molecule has 4 rings (SSSR count). The standard InChI is InChI=1S/C22H19F3N2O4/c23-22(24,25)15-3-1-2-12(8-15)13-4-5-14-10-18(21(31)26-11-20(29)30)27-17(16(14)9-13)6-7-19(27)28/h1-5,8-9,17-18H,6-7,10-11H2,(H,26,31)(H,29,30)/t17-,18+/m1/s1. The lowest BCUT2D eigenvalue weighted by Gasteiger charge is -2.38. The number of hydrogen-bond acceptors (Lipinski definition) is 3. The molecule has 0 aromatic heterocycles. The molecule has 2 atom stereocenters. The molecule has 2 aliphatic heterocycles. The van der Waals surface area contributed by atoms with Crippen molar-refractivity contribution in [3.63, 3.8) is 0 Å². The molecule has 162 valence electrons. The van der Waals surface area contributed by atoms with E-state index in [2.05, 4.69) is 5.32 Å². The van der Waals surface area contributed by atoms with E-state index < -0.39 is 36.2 Å². The number of alkyl halides is 3. The number of hydrogen-bond donors (Lipinski definition) is 2. The van der Waals surface area contributed by atoms with E-state index in [1.165, 1.54) is 11.0 Å². The number of carbonyl (C=O) groups excluding carboxylic acids is 2. The van der Waals surface area contributed by atoms with Gasteiger partial charge < -0.3 is 15.3 Å². The summed E-state index contributed by atoms with van der Waals surface area (Å²) in [7, 11) is 0. The lowest BCUT2D eigenvalue weighted by atomic mass is 9.86. The number of nitrogens with one attached hydrogen (secondary N) is 1. The van der Waals surface area contributed by atoms with Gasteiger partial charge in [0.05, 0.1) is 11.6 Å². The number of carbonyl (C=O) groups is 3. The fourth-order valence-electron chi connectivity index (χ4n) is 4.35. The summed E-state index contributed by atoms with van der Waals surface area (Å²) in [5, 5.41) is 11.1. The summed E-state index contributed by atoms with van der Waals surface area (Å²) in [6.45, 7) is -0.538. The Bertz CT molecular complexity index is 1070. The van der Waals surface area contributed by atoms with Crippen LogP contribution in [0, 0.1) is 0 Å². The number of benzene rings is 2. The molecule has 2 aromatic carbocycles. The van der Waals surface area contributed by atoms with E-state index in [-0.39, 0.29) is 24.8 Å². The Hall–Kier alpha value is -3.36. The van der Waals surface area contributed by atoms with E-state index in [4.69, 9.17) is 5.11 Å². The van der Waals surface area contributed by atoms with E-state index in [0.29, 0.717) is 17.5 Å². The predicted molar refractivity (Wildman–Crippen MR) is 104 cm³/mol. The number of carboxylic acid groups (broad SMARTS) is 1. The number of fused-ring (bicyclic) bond motifs is 3. The van der Waals surface area contributed by atoms with E-state index >= 15 is 0 Å². The molecule has 0 radical (unpaired) electrons. The molecule has 2 N–H and O–H groups in total. The second kappa shape index (κ2) is 7.72. The zero-order valence-electron chi connectivity index (χ0n) is 16.3. The van der Waals surface area contributed by atoms with Gasteiger partial charge in [-0.3, -0.25) is 14.4 Å². The highest BCUT2D eigenvalue weighted by Gasteiger charge is 2.44. The van der Waals surface area contributed by atoms with Crippen LogP contribution in [-0.4, -0.2) is 40.4 Å². The Morgan fingerprint density at radius 3 is 2.58 bits per heavy atom. The van der Waals surface area contributed by atoms with Crippen molar-refractivity contribution in [3.8, 4) is 11.1 Å². The third-order valence-electron chi connectivity index (χ3n) is 5.75. The molecule has 0 spiro atoms. The van der Waals surface area contributed by atoms with Gasteiger partial charge in [0.15, 0.2) is 0 Å². The number of carboxylic acids is 1. The lowest BCUT2D eigenvalue weighted by molar-refractivity contribution is -0.142. The van der Waals surface area contributed by atoms with Crippen LogP contribution >= 0.6 is 0 Å². The Balaban J connectivity index is 1.69. The number of halogens is 3. The van der Waals surface area contributed by atoms with Crippen LogP contribution in [0.15, 0.2) is 42.5 Å². The van der Waals surface area contributed by atoms with Crippen molar-refractivity contribution < 1.29 is 32.7 Å². The molecule has 0 unspecified atom stereocenters. The molecule has 0 saturated carbocycles. The highest BCUT2D eigenvalue weighted by Crippen LogP contribution is 2.43. The summed E-state index contributed by atoms with van der Waals surface area (Å²) in [6, 6.07) is 9.12. The van der Waals surface area contributed by atoms with E-state index in [0.717, 1.165) is 23.3 Å². The average molecular weight is 432 g/mol. The molecule has 31 heavy (non-hydrogen) atoms. The third-order valence-corrected chi connectivity index (χ3v) is 5.75. The van der Waals surface area contributed by atoms with Crippen molar-refractivity contribution in [2.45, 2.75) is 37.5 Å². The fraction of sp³-hybridized carbons (Fsp3) is 0.318. The zero-order valence-corrected chi connectivity index (χ0v) is 16.3. The van der Waals surface area contributed by atoms with Crippen LogP contribution in [0.25, 0.3) is 11.1 Å². The van der Waals surface area contributed by atoms with Gasteiger partial charge in [0.25, 0.3) is 0 Å². The number of nitrogens with zero attached hydrogens (tertiary/aromatic N) is 1. The average Bonchev–Trinajstić information content (AvgIpc) is 3.12. The van der Waals surface area contributed by atoms with Crippen molar-refractivity contribution in [2.24, 2.45) is 0 Å². The summed E-state index contributed by atoms with van der Waals surface area (Å²) in [5.74, 6) is -1.91. The molecular weight excluding hydrogens is 413 g/mol. The molecule has 0 bridgehead atoms. The molecule has 1 saturated heterocycles. The fourth-order valence-corrected chi connectivity index (χ4v) is 4.35. The quantitative estimate of drug-likeness (QED) is 0.777. The Labute approximate surface area is 175 Å². The molecular formula is C22H19F3N2O4. The Morgan fingerprint density at radius 2 is 1.87 bits per heavy atom. The van der Waals surface area contributed by atoms with E-state index in [1.54, 1.807) is 24.3 Å². The maximum absolute atomic E-state index is 13.1. The van der Waals surface area contributed by atoms with Crippen molar-refractivity contribution in [3.05, 3.63) is 59.2 Å². The summed E-state index contributed by atoms with van der Waals surface area (Å²) in [6.07, 6.45) is -3.50. The maximum atomic E-state index is 13.1. The molecule has 2 aliphatic rings. The zero-order chi connectivity index (χ0) is 22.3. The second-order valence-corrected chi connectivity index (χ2v) is 7.68. The molecule has 9 heteroatoms. The van der Waals surface area contributed by atoms with Gasteiger partial charge >= 0.3 is 12.1 Å². The van der Waals surface area contributed by atoms with Crippen LogP contribution < -0.4 is 5.32 Å². The first kappa shape index (κ1) is 20.9. The van der Waals surface area contributed by atoms with Gasteiger partial charge in [-0.05, 0) is 46.9 Å². The van der Waals surface area contributed by atoms with Gasteiger partial charge in [-0.1, -0.05) is 24.3 Å². The van der Waals surface area contributed by atoms with Gasteiger partial charge in [-0.2, -0.15) is 13.2 Å². The van der Waals surface area contributed by atoms with Gasteiger partial charge in [0.1, 0.15) is 12.6 Å². The van der Waals surface area contributed by atoms with Gasteiger partial charge in [-0.15, -0.1) is 0 Å². The second-order valence-electron chi connectivity index (χ2n) is 7.68. The van der Waals surface area contributed by atoms with Crippen molar-refractivity contribution in [2.75, 3.05) is 6.54 Å². The third kappa shape index (κ3) is 3.99. The van der Waals surface area contributed by atoms with E-state index in [1.807, 2.05) is 0 Å². The summed E-state index contributed by atoms with van der Waals surface area (Å²) < 4.78 is 39.3. The minimum Gasteiger partial charge on any atom is -0.480 e. The first-order valence-corrected chi connectivity index (χ1v) is 9.76. The minimum atomic E-state index is -4.45. The lowest BCUT2D eigenvalue weighted by Crippen LogP contribution is -2.52. The topological polar surface area (TPSA) is 86.7 Å². The van der Waals surface area contributed by atoms with Crippen molar-refractivity contribution in [1.29, 1.82) is 0 Å². The van der Waals surface area contributed by atoms with Gasteiger partial charge in [0, 0.05) is 12.8 Å². The number of rotatable bonds is 4. The van der Waals surface area contributed by atoms with Crippen LogP contribution in [0.2, 0.25) is 0 Å². The monoisotopic (exact) mass is 432 g/mol. The SMILES string of the molecule is O=C(O)CNC(=O)[C@@H]1Cc2ccc(-c3cccc(C(F)(F)F)c3)cc2[C@H]2CCC(=O)N21. The first-order chi connectivity index (χ1) is 14.6. The van der Waals surface area contributed by atoms with Gasteiger partial charge in [-0.25, -0.2) is 0 Å². The summed E-state index contributed by atoms with van der Waals surface area (Å²) in [5.41, 5.74) is 1.90. The van der Waals surface area contributed by atoms with Crippen LogP contribution in [0.3, 0.4) is 0 Å². The van der Waals surface area contributed by atoms with Crippen molar-refractivity contribution >= 4 is 17.8 Å². The molecule has 1 fully saturated rings. The van der Waals surface area contributed by atoms with Crippen LogP contribution in [0.1, 0.15) is 35.6 Å². The molecule has 6 nitrogen and oxygen atoms in total.